The summed E-state index contributed by atoms with van der Waals surface area (Å²) in [5, 5.41) is 4.16. The maximum absolute atomic E-state index is 4.52. The largest absolute Gasteiger partial charge is 0.336 e. The molecule has 0 saturated carbocycles. The Labute approximate surface area is 108 Å². The van der Waals surface area contributed by atoms with Crippen LogP contribution in [0.5, 0.6) is 0 Å². The third-order valence-electron chi connectivity index (χ3n) is 2.74. The number of H-pyrrole nitrogens is 1. The van der Waals surface area contributed by atoms with E-state index >= 15 is 0 Å². The van der Waals surface area contributed by atoms with E-state index in [4.69, 9.17) is 0 Å². The van der Waals surface area contributed by atoms with Crippen molar-refractivity contribution in [1.29, 1.82) is 0 Å². The van der Waals surface area contributed by atoms with Gasteiger partial charge in [0.2, 0.25) is 0 Å². The van der Waals surface area contributed by atoms with Crippen molar-refractivity contribution in [3.8, 4) is 10.7 Å². The van der Waals surface area contributed by atoms with Crippen LogP contribution >= 0.6 is 11.5 Å². The topological polar surface area (TPSA) is 67.3 Å². The van der Waals surface area contributed by atoms with E-state index in [9.17, 15) is 0 Å². The Morgan fingerprint density at radius 1 is 1.28 bits per heavy atom. The van der Waals surface area contributed by atoms with Crippen molar-refractivity contribution in [3.05, 3.63) is 23.5 Å². The van der Waals surface area contributed by atoms with E-state index in [1.807, 2.05) is 19.1 Å². The number of nitrogens with one attached hydrogen (secondary N) is 1. The summed E-state index contributed by atoms with van der Waals surface area (Å²) in [6.45, 7) is 4.09. The lowest BCUT2D eigenvalue weighted by Crippen LogP contribution is -1.88. The Morgan fingerprint density at radius 3 is 3.00 bits per heavy atom. The monoisotopic (exact) mass is 259 g/mol. The van der Waals surface area contributed by atoms with E-state index in [2.05, 4.69) is 31.5 Å². The standard InChI is InChI=1S/C12H13N5S/c1-3-4-8-10(18-17-16-8)12-14-9-6-5-7(2)13-11(9)15-12/h5-6H,3-4H2,1-2H3,(H,13,14,15). The number of pyridine rings is 1. The molecule has 1 N–H and O–H groups in total. The van der Waals surface area contributed by atoms with Gasteiger partial charge in [0.25, 0.3) is 0 Å². The van der Waals surface area contributed by atoms with Gasteiger partial charge < -0.3 is 4.98 Å². The van der Waals surface area contributed by atoms with Crippen molar-refractivity contribution in [2.45, 2.75) is 26.7 Å². The van der Waals surface area contributed by atoms with Crippen LogP contribution in [0, 0.1) is 6.92 Å². The number of rotatable bonds is 3. The van der Waals surface area contributed by atoms with Crippen LogP contribution in [0.4, 0.5) is 0 Å². The summed E-state index contributed by atoms with van der Waals surface area (Å²) >= 11 is 1.38. The lowest BCUT2D eigenvalue weighted by Gasteiger charge is -1.94. The molecule has 0 bridgehead atoms. The molecule has 0 aromatic carbocycles. The van der Waals surface area contributed by atoms with Gasteiger partial charge in [-0.05, 0) is 37.0 Å². The zero-order valence-electron chi connectivity index (χ0n) is 10.3. The van der Waals surface area contributed by atoms with Crippen LogP contribution in [-0.4, -0.2) is 24.5 Å². The lowest BCUT2D eigenvalue weighted by atomic mass is 10.2. The van der Waals surface area contributed by atoms with Crippen molar-refractivity contribution in [2.24, 2.45) is 0 Å². The molecule has 0 spiro atoms. The Hall–Kier alpha value is -1.82. The van der Waals surface area contributed by atoms with E-state index in [1.54, 1.807) is 0 Å². The van der Waals surface area contributed by atoms with Gasteiger partial charge in [0.05, 0.1) is 11.2 Å². The molecule has 0 fully saturated rings. The van der Waals surface area contributed by atoms with Crippen LogP contribution in [0.1, 0.15) is 24.7 Å². The van der Waals surface area contributed by atoms with Crippen molar-refractivity contribution >= 4 is 22.7 Å². The van der Waals surface area contributed by atoms with Gasteiger partial charge in [-0.25, -0.2) is 9.97 Å². The van der Waals surface area contributed by atoms with Crippen LogP contribution in [0.25, 0.3) is 21.9 Å². The smallest absolute Gasteiger partial charge is 0.178 e. The minimum atomic E-state index is 0.751. The molecule has 0 aliphatic carbocycles. The van der Waals surface area contributed by atoms with Crippen molar-refractivity contribution in [1.82, 2.24) is 24.5 Å². The van der Waals surface area contributed by atoms with E-state index < -0.39 is 0 Å². The zero-order valence-corrected chi connectivity index (χ0v) is 11.1. The average molecular weight is 259 g/mol. The molecule has 18 heavy (non-hydrogen) atoms. The fraction of sp³-hybridized carbons (Fsp3) is 0.333. The Kier molecular flexibility index (Phi) is 2.79. The van der Waals surface area contributed by atoms with Gasteiger partial charge in [-0.3, -0.25) is 0 Å². The van der Waals surface area contributed by atoms with Gasteiger partial charge >= 0.3 is 0 Å². The first-order valence-electron chi connectivity index (χ1n) is 5.93. The van der Waals surface area contributed by atoms with Gasteiger partial charge in [-0.2, -0.15) is 0 Å². The number of fused-ring (bicyclic) bond motifs is 1. The Bertz CT molecular complexity index is 685. The van der Waals surface area contributed by atoms with Crippen LogP contribution in [0.2, 0.25) is 0 Å². The quantitative estimate of drug-likeness (QED) is 0.785. The van der Waals surface area contributed by atoms with Crippen molar-refractivity contribution < 1.29 is 0 Å². The molecular weight excluding hydrogens is 246 g/mol. The molecule has 3 aromatic rings. The molecule has 6 heteroatoms. The van der Waals surface area contributed by atoms with Crippen LogP contribution in [0.3, 0.4) is 0 Å². The number of aromatic nitrogens is 5. The molecule has 0 amide bonds. The zero-order chi connectivity index (χ0) is 12.5. The molecular formula is C12H13N5S. The molecule has 3 heterocycles. The van der Waals surface area contributed by atoms with Gasteiger partial charge in [0.15, 0.2) is 11.5 Å². The third-order valence-corrected chi connectivity index (χ3v) is 3.52. The normalized spacial score (nSPS) is 11.2. The predicted octanol–water partition coefficient (Wildman–Crippen LogP) is 2.74. The first-order chi connectivity index (χ1) is 8.78. The highest BCUT2D eigenvalue weighted by Gasteiger charge is 2.14. The minimum Gasteiger partial charge on any atom is -0.336 e. The van der Waals surface area contributed by atoms with Crippen LogP contribution < -0.4 is 0 Å². The highest BCUT2D eigenvalue weighted by atomic mass is 32.1. The summed E-state index contributed by atoms with van der Waals surface area (Å²) in [6, 6.07) is 3.98. The molecule has 0 saturated heterocycles. The number of hydrogen-bond donors (Lipinski definition) is 1. The summed E-state index contributed by atoms with van der Waals surface area (Å²) in [4.78, 5) is 13.2. The SMILES string of the molecule is CCCc1nnsc1-c1nc2nc(C)ccc2[nH]1. The summed E-state index contributed by atoms with van der Waals surface area (Å²) in [5.74, 6) is 0.821. The average Bonchev–Trinajstić information content (AvgIpc) is 2.94. The molecule has 0 atom stereocenters. The number of aromatic amines is 1. The predicted molar refractivity (Wildman–Crippen MR) is 71.5 cm³/mol. The first kappa shape index (κ1) is 11.3. The van der Waals surface area contributed by atoms with Gasteiger partial charge in [-0.1, -0.05) is 17.8 Å². The Balaban J connectivity index is 2.10. The van der Waals surface area contributed by atoms with E-state index in [0.717, 1.165) is 46.1 Å². The Morgan fingerprint density at radius 2 is 2.17 bits per heavy atom. The van der Waals surface area contributed by atoms with Gasteiger partial charge in [0, 0.05) is 5.69 Å². The summed E-state index contributed by atoms with van der Waals surface area (Å²) in [5.41, 5.74) is 3.68. The maximum atomic E-state index is 4.52. The second kappa shape index (κ2) is 4.45. The molecule has 0 aliphatic rings. The second-order valence-electron chi connectivity index (χ2n) is 4.21. The molecule has 0 unspecified atom stereocenters. The fourth-order valence-corrected chi connectivity index (χ4v) is 2.54. The van der Waals surface area contributed by atoms with E-state index in [-0.39, 0.29) is 0 Å². The summed E-state index contributed by atoms with van der Waals surface area (Å²) in [6.07, 6.45) is 1.98. The lowest BCUT2D eigenvalue weighted by molar-refractivity contribution is 0.870. The summed E-state index contributed by atoms with van der Waals surface area (Å²) in [7, 11) is 0. The first-order valence-corrected chi connectivity index (χ1v) is 6.70. The number of aryl methyl sites for hydroxylation is 2. The van der Waals surface area contributed by atoms with E-state index in [0.29, 0.717) is 0 Å². The van der Waals surface area contributed by atoms with E-state index in [1.165, 1.54) is 11.5 Å². The number of hydrogen-bond acceptors (Lipinski definition) is 5. The minimum absolute atomic E-state index is 0.751. The van der Waals surface area contributed by atoms with Crippen molar-refractivity contribution in [2.75, 3.05) is 0 Å². The van der Waals surface area contributed by atoms with Gasteiger partial charge in [-0.15, -0.1) is 5.10 Å². The molecule has 3 aromatic heterocycles. The van der Waals surface area contributed by atoms with Crippen molar-refractivity contribution in [3.63, 3.8) is 0 Å². The fourth-order valence-electron chi connectivity index (χ4n) is 1.88. The van der Waals surface area contributed by atoms with Crippen LogP contribution in [-0.2, 0) is 6.42 Å². The molecule has 0 aliphatic heterocycles. The highest BCUT2D eigenvalue weighted by molar-refractivity contribution is 7.09. The summed E-state index contributed by atoms with van der Waals surface area (Å²) < 4.78 is 4.02. The van der Waals surface area contributed by atoms with Gasteiger partial charge in [0.1, 0.15) is 4.88 Å². The number of imidazole rings is 1. The highest BCUT2D eigenvalue weighted by Crippen LogP contribution is 2.26. The third kappa shape index (κ3) is 1.88. The molecule has 5 nitrogen and oxygen atoms in total. The van der Waals surface area contributed by atoms with Crippen LogP contribution in [0.15, 0.2) is 12.1 Å². The maximum Gasteiger partial charge on any atom is 0.178 e. The molecule has 92 valence electrons. The number of nitrogens with zero attached hydrogens (tertiary/aromatic N) is 4. The molecule has 0 radical (unpaired) electrons. The molecule has 3 rings (SSSR count). The second-order valence-corrected chi connectivity index (χ2v) is 4.96.